The second-order valence-electron chi connectivity index (χ2n) is 5.17. The van der Waals surface area contributed by atoms with Crippen molar-refractivity contribution >= 4 is 11.9 Å². The predicted molar refractivity (Wildman–Crippen MR) is 89.9 cm³/mol. The first-order chi connectivity index (χ1) is 12.9. The SMILES string of the molecule is COc1cc(COC(=O)COc2ccccc2C(N)=O)ccc1OC(F)F. The first-order valence-electron chi connectivity index (χ1n) is 7.69. The molecule has 0 aliphatic carbocycles. The molecule has 27 heavy (non-hydrogen) atoms. The summed E-state index contributed by atoms with van der Waals surface area (Å²) in [5.74, 6) is -1.26. The Morgan fingerprint density at radius 2 is 1.81 bits per heavy atom. The maximum absolute atomic E-state index is 12.3. The monoisotopic (exact) mass is 381 g/mol. The van der Waals surface area contributed by atoms with Gasteiger partial charge in [0, 0.05) is 0 Å². The molecule has 0 heterocycles. The van der Waals surface area contributed by atoms with Gasteiger partial charge in [0.15, 0.2) is 18.1 Å². The van der Waals surface area contributed by atoms with Crippen molar-refractivity contribution in [2.24, 2.45) is 5.73 Å². The van der Waals surface area contributed by atoms with Crippen molar-refractivity contribution in [1.82, 2.24) is 0 Å². The summed E-state index contributed by atoms with van der Waals surface area (Å²) in [5.41, 5.74) is 5.86. The molecule has 0 bridgehead atoms. The number of halogens is 2. The molecule has 2 N–H and O–H groups in total. The van der Waals surface area contributed by atoms with Crippen LogP contribution in [0.5, 0.6) is 17.2 Å². The van der Waals surface area contributed by atoms with E-state index < -0.39 is 25.1 Å². The molecule has 2 aromatic rings. The fourth-order valence-corrected chi connectivity index (χ4v) is 2.13. The highest BCUT2D eigenvalue weighted by Gasteiger charge is 2.13. The van der Waals surface area contributed by atoms with Crippen LogP contribution in [0, 0.1) is 0 Å². The molecular weight excluding hydrogens is 364 g/mol. The van der Waals surface area contributed by atoms with E-state index in [-0.39, 0.29) is 29.4 Å². The lowest BCUT2D eigenvalue weighted by Gasteiger charge is -2.12. The van der Waals surface area contributed by atoms with Gasteiger partial charge in [0.25, 0.3) is 5.91 Å². The van der Waals surface area contributed by atoms with Crippen LogP contribution in [0.2, 0.25) is 0 Å². The molecule has 144 valence electrons. The normalized spacial score (nSPS) is 10.4. The summed E-state index contributed by atoms with van der Waals surface area (Å²) < 4.78 is 44.2. The summed E-state index contributed by atoms with van der Waals surface area (Å²) in [6, 6.07) is 10.4. The second-order valence-corrected chi connectivity index (χ2v) is 5.17. The van der Waals surface area contributed by atoms with Crippen LogP contribution in [-0.2, 0) is 16.1 Å². The lowest BCUT2D eigenvalue weighted by molar-refractivity contribution is -0.147. The number of nitrogens with two attached hydrogens (primary N) is 1. The Morgan fingerprint density at radius 1 is 1.07 bits per heavy atom. The van der Waals surface area contributed by atoms with Crippen LogP contribution in [0.25, 0.3) is 0 Å². The Bertz CT molecular complexity index is 812. The molecule has 0 aliphatic rings. The number of para-hydroxylation sites is 1. The lowest BCUT2D eigenvalue weighted by Crippen LogP contribution is -2.18. The van der Waals surface area contributed by atoms with E-state index in [1.54, 1.807) is 12.1 Å². The standard InChI is InChI=1S/C18H17F2NO6/c1-24-15-8-11(6-7-14(15)27-18(19)20)9-26-16(22)10-25-13-5-3-2-4-12(13)17(21)23/h2-8,18H,9-10H2,1H3,(H2,21,23). The number of methoxy groups -OCH3 is 1. The van der Waals surface area contributed by atoms with Crippen LogP contribution in [0.3, 0.4) is 0 Å². The first-order valence-corrected chi connectivity index (χ1v) is 7.69. The summed E-state index contributed by atoms with van der Waals surface area (Å²) in [7, 11) is 1.30. The molecule has 7 nitrogen and oxygen atoms in total. The molecule has 0 aromatic heterocycles. The van der Waals surface area contributed by atoms with Crippen molar-refractivity contribution in [3.05, 3.63) is 53.6 Å². The summed E-state index contributed by atoms with van der Waals surface area (Å²) in [6.45, 7) is -3.55. The van der Waals surface area contributed by atoms with E-state index in [1.165, 1.54) is 37.4 Å². The lowest BCUT2D eigenvalue weighted by atomic mass is 10.2. The number of ether oxygens (including phenoxy) is 4. The molecule has 2 rings (SSSR count). The van der Waals surface area contributed by atoms with Gasteiger partial charge in [-0.3, -0.25) is 4.79 Å². The van der Waals surface area contributed by atoms with Gasteiger partial charge in [-0.15, -0.1) is 0 Å². The van der Waals surface area contributed by atoms with Crippen LogP contribution in [-0.4, -0.2) is 32.2 Å². The quantitative estimate of drug-likeness (QED) is 0.671. The number of primary amides is 1. The van der Waals surface area contributed by atoms with Gasteiger partial charge in [-0.25, -0.2) is 4.79 Å². The third-order valence-corrected chi connectivity index (χ3v) is 3.34. The van der Waals surface area contributed by atoms with E-state index in [1.807, 2.05) is 0 Å². The number of benzene rings is 2. The van der Waals surface area contributed by atoms with Crippen molar-refractivity contribution < 1.29 is 37.3 Å². The van der Waals surface area contributed by atoms with Gasteiger partial charge in [0.1, 0.15) is 12.4 Å². The Balaban J connectivity index is 1.91. The van der Waals surface area contributed by atoms with Crippen LogP contribution in [0.1, 0.15) is 15.9 Å². The van der Waals surface area contributed by atoms with E-state index in [0.29, 0.717) is 5.56 Å². The maximum Gasteiger partial charge on any atom is 0.387 e. The third-order valence-electron chi connectivity index (χ3n) is 3.34. The Hall–Kier alpha value is -3.36. The van der Waals surface area contributed by atoms with Crippen molar-refractivity contribution in [2.75, 3.05) is 13.7 Å². The van der Waals surface area contributed by atoms with Gasteiger partial charge < -0.3 is 24.7 Å². The Morgan fingerprint density at radius 3 is 2.48 bits per heavy atom. The molecule has 0 aliphatic heterocycles. The number of amides is 1. The highest BCUT2D eigenvalue weighted by atomic mass is 19.3. The zero-order valence-corrected chi connectivity index (χ0v) is 14.3. The van der Waals surface area contributed by atoms with Gasteiger partial charge in [0.2, 0.25) is 0 Å². The molecule has 0 saturated heterocycles. The van der Waals surface area contributed by atoms with E-state index >= 15 is 0 Å². The smallest absolute Gasteiger partial charge is 0.387 e. The molecule has 0 unspecified atom stereocenters. The average Bonchev–Trinajstić information content (AvgIpc) is 2.65. The van der Waals surface area contributed by atoms with Gasteiger partial charge in [-0.2, -0.15) is 8.78 Å². The molecule has 0 spiro atoms. The first kappa shape index (κ1) is 20.0. The minimum Gasteiger partial charge on any atom is -0.493 e. The molecule has 0 radical (unpaired) electrons. The Kier molecular flexibility index (Phi) is 6.93. The molecule has 0 atom stereocenters. The number of rotatable bonds is 9. The van der Waals surface area contributed by atoms with E-state index in [4.69, 9.17) is 19.9 Å². The molecule has 0 saturated carbocycles. The fraction of sp³-hybridized carbons (Fsp3) is 0.222. The van der Waals surface area contributed by atoms with E-state index in [0.717, 1.165) is 0 Å². The van der Waals surface area contributed by atoms with E-state index in [9.17, 15) is 18.4 Å². The maximum atomic E-state index is 12.3. The summed E-state index contributed by atoms with van der Waals surface area (Å²) in [5, 5.41) is 0. The summed E-state index contributed by atoms with van der Waals surface area (Å²) in [4.78, 5) is 23.1. The van der Waals surface area contributed by atoms with Crippen LogP contribution >= 0.6 is 0 Å². The molecule has 1 amide bonds. The van der Waals surface area contributed by atoms with Crippen molar-refractivity contribution in [3.63, 3.8) is 0 Å². The molecule has 9 heteroatoms. The molecule has 0 fully saturated rings. The highest BCUT2D eigenvalue weighted by Crippen LogP contribution is 2.29. The number of carbonyl (C=O) groups excluding carboxylic acids is 2. The number of esters is 1. The topological polar surface area (TPSA) is 97.1 Å². The van der Waals surface area contributed by atoms with Gasteiger partial charge in [-0.05, 0) is 29.8 Å². The zero-order chi connectivity index (χ0) is 19.8. The Labute approximate surface area is 153 Å². The zero-order valence-electron chi connectivity index (χ0n) is 14.3. The number of hydrogen-bond donors (Lipinski definition) is 1. The van der Waals surface area contributed by atoms with Crippen LogP contribution in [0.4, 0.5) is 8.78 Å². The third kappa shape index (κ3) is 5.84. The van der Waals surface area contributed by atoms with Gasteiger partial charge in [-0.1, -0.05) is 18.2 Å². The highest BCUT2D eigenvalue weighted by molar-refractivity contribution is 5.95. The summed E-state index contributed by atoms with van der Waals surface area (Å²) >= 11 is 0. The largest absolute Gasteiger partial charge is 0.493 e. The van der Waals surface area contributed by atoms with Crippen molar-refractivity contribution in [2.45, 2.75) is 13.2 Å². The minimum absolute atomic E-state index is 0.0792. The van der Waals surface area contributed by atoms with Gasteiger partial charge in [0.05, 0.1) is 12.7 Å². The van der Waals surface area contributed by atoms with Crippen LogP contribution in [0.15, 0.2) is 42.5 Å². The van der Waals surface area contributed by atoms with Gasteiger partial charge >= 0.3 is 12.6 Å². The minimum atomic E-state index is -2.98. The molecule has 2 aromatic carbocycles. The van der Waals surface area contributed by atoms with Crippen LogP contribution < -0.4 is 19.9 Å². The summed E-state index contributed by atoms with van der Waals surface area (Å²) in [6.07, 6.45) is 0. The average molecular weight is 381 g/mol. The number of alkyl halides is 2. The fourth-order valence-electron chi connectivity index (χ4n) is 2.13. The second kappa shape index (κ2) is 9.37. The number of hydrogen-bond acceptors (Lipinski definition) is 6. The van der Waals surface area contributed by atoms with Crippen molar-refractivity contribution in [1.29, 1.82) is 0 Å². The van der Waals surface area contributed by atoms with Crippen molar-refractivity contribution in [3.8, 4) is 17.2 Å². The predicted octanol–water partition coefficient (Wildman–Crippen LogP) is 2.52. The molecular formula is C18H17F2NO6. The van der Waals surface area contributed by atoms with E-state index in [2.05, 4.69) is 4.74 Å². The number of carbonyl (C=O) groups is 2.